The monoisotopic (exact) mass is 298 g/mol. The number of hydrogen-bond donors (Lipinski definition) is 2. The van der Waals surface area contributed by atoms with Crippen molar-refractivity contribution in [2.45, 2.75) is 18.2 Å². The maximum absolute atomic E-state index is 11.4. The molecule has 102 valence electrons. The van der Waals surface area contributed by atoms with E-state index in [-0.39, 0.29) is 10.7 Å². The molecule has 0 aliphatic heterocycles. The molecule has 19 heavy (non-hydrogen) atoms. The molecule has 2 aromatic rings. The normalized spacial score (nSPS) is 11.5. The van der Waals surface area contributed by atoms with Crippen LogP contribution in [0.3, 0.4) is 0 Å². The van der Waals surface area contributed by atoms with Gasteiger partial charge in [0.1, 0.15) is 10.7 Å². The van der Waals surface area contributed by atoms with Gasteiger partial charge in [-0.3, -0.25) is 0 Å². The second kappa shape index (κ2) is 5.64. The molecule has 0 fully saturated rings. The molecule has 0 saturated carbocycles. The minimum atomic E-state index is -3.76. The van der Waals surface area contributed by atoms with Gasteiger partial charge in [-0.2, -0.15) is 0 Å². The van der Waals surface area contributed by atoms with Crippen molar-refractivity contribution < 1.29 is 8.42 Å². The van der Waals surface area contributed by atoms with Crippen LogP contribution in [0.2, 0.25) is 0 Å². The molecule has 0 spiro atoms. The number of nitrogens with two attached hydrogens (primary N) is 1. The molecule has 0 saturated heterocycles. The number of pyridine rings is 1. The predicted molar refractivity (Wildman–Crippen MR) is 74.7 cm³/mol. The fourth-order valence-corrected chi connectivity index (χ4v) is 3.01. The maximum atomic E-state index is 11.4. The number of nitrogens with zero attached hydrogens (tertiary/aromatic N) is 2. The Morgan fingerprint density at radius 1 is 1.42 bits per heavy atom. The largest absolute Gasteiger partial charge is 0.369 e. The molecular formula is C11H14N4O2S2. The molecule has 2 heterocycles. The Balaban J connectivity index is 2.04. The topological polar surface area (TPSA) is 98.0 Å². The van der Waals surface area contributed by atoms with Gasteiger partial charge in [-0.25, -0.2) is 23.5 Å². The molecule has 3 N–H and O–H groups in total. The highest BCUT2D eigenvalue weighted by Gasteiger charge is 2.14. The van der Waals surface area contributed by atoms with Gasteiger partial charge in [-0.1, -0.05) is 0 Å². The SMILES string of the molecule is Cc1cnc(CCNc2ncccc2S(N)(=O)=O)s1. The summed E-state index contributed by atoms with van der Waals surface area (Å²) in [6.07, 6.45) is 4.04. The van der Waals surface area contributed by atoms with Crippen molar-refractivity contribution in [1.82, 2.24) is 9.97 Å². The quantitative estimate of drug-likeness (QED) is 0.863. The number of aryl methyl sites for hydroxylation is 1. The zero-order valence-corrected chi connectivity index (χ0v) is 12.0. The van der Waals surface area contributed by atoms with Gasteiger partial charge in [0.15, 0.2) is 0 Å². The molecule has 0 aliphatic carbocycles. The lowest BCUT2D eigenvalue weighted by Gasteiger charge is -2.08. The molecule has 0 atom stereocenters. The molecule has 0 radical (unpaired) electrons. The number of hydrogen-bond acceptors (Lipinski definition) is 6. The number of thiazole rings is 1. The van der Waals surface area contributed by atoms with Gasteiger partial charge in [-0.05, 0) is 19.1 Å². The number of rotatable bonds is 5. The van der Waals surface area contributed by atoms with Gasteiger partial charge in [0, 0.05) is 30.2 Å². The fourth-order valence-electron chi connectivity index (χ4n) is 1.56. The number of anilines is 1. The first-order valence-corrected chi connectivity index (χ1v) is 7.96. The summed E-state index contributed by atoms with van der Waals surface area (Å²) in [5.41, 5.74) is 0. The predicted octanol–water partition coefficient (Wildman–Crippen LogP) is 1.15. The Bertz CT molecular complexity index is 667. The third-order valence-electron chi connectivity index (χ3n) is 2.38. The van der Waals surface area contributed by atoms with Gasteiger partial charge in [0.25, 0.3) is 0 Å². The van der Waals surface area contributed by atoms with E-state index in [0.717, 1.165) is 9.88 Å². The van der Waals surface area contributed by atoms with E-state index in [4.69, 9.17) is 5.14 Å². The molecular weight excluding hydrogens is 284 g/mol. The zero-order chi connectivity index (χ0) is 13.9. The van der Waals surface area contributed by atoms with Crippen LogP contribution in [-0.2, 0) is 16.4 Å². The standard InChI is InChI=1S/C11H14N4O2S2/c1-8-7-15-10(18-8)4-6-14-11-9(19(12,16)17)3-2-5-13-11/h2-3,5,7H,4,6H2,1H3,(H,13,14)(H2,12,16,17). The average Bonchev–Trinajstić information content (AvgIpc) is 2.74. The van der Waals surface area contributed by atoms with Crippen LogP contribution in [0.4, 0.5) is 5.82 Å². The smallest absolute Gasteiger partial charge is 0.241 e. The molecule has 0 bridgehead atoms. The Morgan fingerprint density at radius 2 is 2.21 bits per heavy atom. The highest BCUT2D eigenvalue weighted by atomic mass is 32.2. The van der Waals surface area contributed by atoms with Crippen molar-refractivity contribution in [1.29, 1.82) is 0 Å². The summed E-state index contributed by atoms with van der Waals surface area (Å²) in [6.45, 7) is 2.54. The summed E-state index contributed by atoms with van der Waals surface area (Å²) < 4.78 is 22.8. The van der Waals surface area contributed by atoms with E-state index < -0.39 is 10.0 Å². The van der Waals surface area contributed by atoms with E-state index in [1.165, 1.54) is 18.3 Å². The van der Waals surface area contributed by atoms with Crippen LogP contribution in [0.5, 0.6) is 0 Å². The van der Waals surface area contributed by atoms with Crippen LogP contribution in [0.15, 0.2) is 29.4 Å². The Labute approximate surface area is 115 Å². The first-order chi connectivity index (χ1) is 8.97. The second-order valence-corrected chi connectivity index (χ2v) is 6.79. The molecule has 2 rings (SSSR count). The number of primary sulfonamides is 1. The fraction of sp³-hybridized carbons (Fsp3) is 0.273. The van der Waals surface area contributed by atoms with Crippen molar-refractivity contribution in [3.8, 4) is 0 Å². The lowest BCUT2D eigenvalue weighted by Crippen LogP contribution is -2.16. The molecule has 0 aromatic carbocycles. The summed E-state index contributed by atoms with van der Waals surface area (Å²) in [4.78, 5) is 9.38. The average molecular weight is 298 g/mol. The van der Waals surface area contributed by atoms with Crippen LogP contribution in [-0.4, -0.2) is 24.9 Å². The third-order valence-corrected chi connectivity index (χ3v) is 4.29. The molecule has 6 nitrogen and oxygen atoms in total. The molecule has 2 aromatic heterocycles. The van der Waals surface area contributed by atoms with Crippen LogP contribution >= 0.6 is 11.3 Å². The van der Waals surface area contributed by atoms with Crippen molar-refractivity contribution >= 4 is 27.2 Å². The number of aromatic nitrogens is 2. The van der Waals surface area contributed by atoms with Crippen molar-refractivity contribution in [2.24, 2.45) is 5.14 Å². The van der Waals surface area contributed by atoms with E-state index in [2.05, 4.69) is 15.3 Å². The summed E-state index contributed by atoms with van der Waals surface area (Å²) in [6, 6.07) is 2.97. The van der Waals surface area contributed by atoms with Gasteiger partial charge >= 0.3 is 0 Å². The van der Waals surface area contributed by atoms with Crippen molar-refractivity contribution in [3.63, 3.8) is 0 Å². The second-order valence-electron chi connectivity index (χ2n) is 3.94. The van der Waals surface area contributed by atoms with E-state index in [1.807, 2.05) is 13.1 Å². The Morgan fingerprint density at radius 3 is 2.84 bits per heavy atom. The van der Waals surface area contributed by atoms with Crippen LogP contribution in [0, 0.1) is 6.92 Å². The Hall–Kier alpha value is -1.51. The summed E-state index contributed by atoms with van der Waals surface area (Å²) in [7, 11) is -3.76. The molecule has 0 amide bonds. The number of sulfonamides is 1. The molecule has 0 aliphatic rings. The van der Waals surface area contributed by atoms with E-state index >= 15 is 0 Å². The summed E-state index contributed by atoms with van der Waals surface area (Å²) >= 11 is 1.62. The van der Waals surface area contributed by atoms with Crippen LogP contribution in [0.25, 0.3) is 0 Å². The van der Waals surface area contributed by atoms with Crippen LogP contribution < -0.4 is 10.5 Å². The number of nitrogens with one attached hydrogen (secondary N) is 1. The lowest BCUT2D eigenvalue weighted by molar-refractivity contribution is 0.597. The van der Waals surface area contributed by atoms with Gasteiger partial charge in [-0.15, -0.1) is 11.3 Å². The van der Waals surface area contributed by atoms with Crippen molar-refractivity contribution in [2.75, 3.05) is 11.9 Å². The summed E-state index contributed by atoms with van der Waals surface area (Å²) in [5, 5.41) is 9.10. The van der Waals surface area contributed by atoms with Gasteiger partial charge in [0.2, 0.25) is 10.0 Å². The minimum Gasteiger partial charge on any atom is -0.369 e. The lowest BCUT2D eigenvalue weighted by atomic mass is 10.4. The highest BCUT2D eigenvalue weighted by molar-refractivity contribution is 7.89. The Kier molecular flexibility index (Phi) is 4.13. The van der Waals surface area contributed by atoms with Crippen molar-refractivity contribution in [3.05, 3.63) is 34.4 Å². The summed E-state index contributed by atoms with van der Waals surface area (Å²) in [5.74, 6) is 0.276. The van der Waals surface area contributed by atoms with Crippen LogP contribution in [0.1, 0.15) is 9.88 Å². The van der Waals surface area contributed by atoms with Gasteiger partial charge < -0.3 is 5.32 Å². The van der Waals surface area contributed by atoms with E-state index in [1.54, 1.807) is 11.3 Å². The maximum Gasteiger partial charge on any atom is 0.241 e. The minimum absolute atomic E-state index is 0.00493. The third kappa shape index (κ3) is 3.72. The first-order valence-electron chi connectivity index (χ1n) is 5.60. The van der Waals surface area contributed by atoms with E-state index in [9.17, 15) is 8.42 Å². The van der Waals surface area contributed by atoms with Gasteiger partial charge in [0.05, 0.1) is 5.01 Å². The molecule has 8 heteroatoms. The zero-order valence-electron chi connectivity index (χ0n) is 10.3. The van der Waals surface area contributed by atoms with E-state index in [0.29, 0.717) is 13.0 Å². The highest BCUT2D eigenvalue weighted by Crippen LogP contribution is 2.17. The molecule has 0 unspecified atom stereocenters. The first kappa shape index (κ1) is 13.9.